The lowest BCUT2D eigenvalue weighted by atomic mass is 9.83. The third-order valence-electron chi connectivity index (χ3n) is 3.26. The minimum absolute atomic E-state index is 0.0688. The molecule has 88 valence electrons. The van der Waals surface area contributed by atoms with E-state index < -0.39 is 0 Å². The topological polar surface area (TPSA) is 26.3 Å². The first-order valence-electron chi connectivity index (χ1n) is 5.99. The van der Waals surface area contributed by atoms with Crippen molar-refractivity contribution < 1.29 is 9.53 Å². The average molecular weight is 212 g/mol. The van der Waals surface area contributed by atoms with E-state index in [0.29, 0.717) is 24.5 Å². The first kappa shape index (κ1) is 12.7. The maximum Gasteiger partial charge on any atom is 0.133 e. The Bertz CT molecular complexity index is 241. The Morgan fingerprint density at radius 2 is 1.93 bits per heavy atom. The lowest BCUT2D eigenvalue weighted by Crippen LogP contribution is -2.30. The Hall–Kier alpha value is -0.370. The van der Waals surface area contributed by atoms with Gasteiger partial charge in [0.25, 0.3) is 0 Å². The predicted octanol–water partition coefficient (Wildman–Crippen LogP) is 3.34. The number of ether oxygens (including phenoxy) is 1. The van der Waals surface area contributed by atoms with Gasteiger partial charge in [0.05, 0.1) is 11.2 Å². The molecule has 0 aromatic rings. The first-order chi connectivity index (χ1) is 6.77. The van der Waals surface area contributed by atoms with Crippen molar-refractivity contribution in [3.05, 3.63) is 0 Å². The third-order valence-corrected chi connectivity index (χ3v) is 3.26. The fraction of sp³-hybridized carbons (Fsp3) is 0.923. The van der Waals surface area contributed by atoms with Gasteiger partial charge in [0.1, 0.15) is 5.78 Å². The lowest BCUT2D eigenvalue weighted by molar-refractivity contribution is -0.122. The van der Waals surface area contributed by atoms with Crippen molar-refractivity contribution in [1.29, 1.82) is 0 Å². The Morgan fingerprint density at radius 3 is 2.33 bits per heavy atom. The van der Waals surface area contributed by atoms with Gasteiger partial charge in [-0.25, -0.2) is 0 Å². The quantitative estimate of drug-likeness (QED) is 0.714. The molecule has 0 saturated carbocycles. The number of hydrogen-bond donors (Lipinski definition) is 0. The van der Waals surface area contributed by atoms with E-state index in [-0.39, 0.29) is 11.2 Å². The number of Topliss-reactive ketones (excluding diaryl/α,β-unsaturated/α-hetero) is 1. The summed E-state index contributed by atoms with van der Waals surface area (Å²) in [4.78, 5) is 11.6. The fourth-order valence-corrected chi connectivity index (χ4v) is 2.65. The molecule has 1 aliphatic rings. The summed E-state index contributed by atoms with van der Waals surface area (Å²) >= 11 is 0. The average Bonchev–Trinajstić information content (AvgIpc) is 2.19. The Kier molecular flexibility index (Phi) is 3.59. The second kappa shape index (κ2) is 4.25. The van der Waals surface area contributed by atoms with Crippen LogP contribution in [0.4, 0.5) is 0 Å². The molecule has 0 bridgehead atoms. The van der Waals surface area contributed by atoms with E-state index in [2.05, 4.69) is 34.6 Å². The summed E-state index contributed by atoms with van der Waals surface area (Å²) in [5.41, 5.74) is -0.215. The van der Waals surface area contributed by atoms with Crippen LogP contribution in [0.5, 0.6) is 0 Å². The van der Waals surface area contributed by atoms with Gasteiger partial charge < -0.3 is 4.74 Å². The van der Waals surface area contributed by atoms with Crippen LogP contribution in [0.2, 0.25) is 0 Å². The largest absolute Gasteiger partial charge is 0.369 e. The molecule has 1 unspecified atom stereocenters. The van der Waals surface area contributed by atoms with Crippen LogP contribution >= 0.6 is 0 Å². The van der Waals surface area contributed by atoms with E-state index in [4.69, 9.17) is 4.74 Å². The van der Waals surface area contributed by atoms with Crippen molar-refractivity contribution in [3.63, 3.8) is 0 Å². The highest BCUT2D eigenvalue weighted by molar-refractivity contribution is 5.78. The number of hydrogen-bond acceptors (Lipinski definition) is 2. The van der Waals surface area contributed by atoms with Gasteiger partial charge in [-0.2, -0.15) is 0 Å². The first-order valence-corrected chi connectivity index (χ1v) is 5.99. The van der Waals surface area contributed by atoms with E-state index in [1.165, 1.54) is 0 Å². The lowest BCUT2D eigenvalue weighted by Gasteiger charge is -2.27. The highest BCUT2D eigenvalue weighted by Gasteiger charge is 2.45. The van der Waals surface area contributed by atoms with Gasteiger partial charge in [-0.3, -0.25) is 4.79 Å². The maximum absolute atomic E-state index is 11.6. The Morgan fingerprint density at radius 1 is 1.33 bits per heavy atom. The fourth-order valence-electron chi connectivity index (χ4n) is 2.65. The minimum atomic E-state index is -0.146. The van der Waals surface area contributed by atoms with Crippen LogP contribution in [-0.4, -0.2) is 17.0 Å². The molecule has 0 N–H and O–H groups in total. The number of carbonyl (C=O) groups is 1. The van der Waals surface area contributed by atoms with Gasteiger partial charge in [0, 0.05) is 12.8 Å². The monoisotopic (exact) mass is 212 g/mol. The van der Waals surface area contributed by atoms with Crippen molar-refractivity contribution in [2.75, 3.05) is 0 Å². The summed E-state index contributed by atoms with van der Waals surface area (Å²) in [6.45, 7) is 10.5. The second-order valence-corrected chi connectivity index (χ2v) is 5.86. The van der Waals surface area contributed by atoms with Crippen LogP contribution in [0.25, 0.3) is 0 Å². The summed E-state index contributed by atoms with van der Waals surface area (Å²) in [5.74, 6) is 0.767. The van der Waals surface area contributed by atoms with Gasteiger partial charge in [-0.1, -0.05) is 6.92 Å². The zero-order valence-electron chi connectivity index (χ0n) is 10.7. The molecule has 0 amide bonds. The van der Waals surface area contributed by atoms with E-state index in [1.807, 2.05) is 0 Å². The van der Waals surface area contributed by atoms with E-state index in [9.17, 15) is 4.79 Å². The molecule has 1 saturated heterocycles. The van der Waals surface area contributed by atoms with Crippen LogP contribution in [-0.2, 0) is 9.53 Å². The minimum Gasteiger partial charge on any atom is -0.369 e. The van der Waals surface area contributed by atoms with Crippen LogP contribution < -0.4 is 0 Å². The van der Waals surface area contributed by atoms with Gasteiger partial charge >= 0.3 is 0 Å². The molecule has 1 atom stereocenters. The van der Waals surface area contributed by atoms with Gasteiger partial charge in [-0.05, 0) is 46.5 Å². The van der Waals surface area contributed by atoms with Crippen LogP contribution in [0.3, 0.4) is 0 Å². The smallest absolute Gasteiger partial charge is 0.133 e. The molecule has 1 rings (SSSR count). The molecule has 1 fully saturated rings. The van der Waals surface area contributed by atoms with Crippen molar-refractivity contribution in [2.45, 2.75) is 71.5 Å². The molecule has 1 aliphatic heterocycles. The molecule has 15 heavy (non-hydrogen) atoms. The number of ketones is 1. The zero-order valence-corrected chi connectivity index (χ0v) is 10.7. The summed E-state index contributed by atoms with van der Waals surface area (Å²) in [7, 11) is 0. The Balaban J connectivity index is 2.59. The van der Waals surface area contributed by atoms with Crippen molar-refractivity contribution in [3.8, 4) is 0 Å². The molecular formula is C13H24O2. The normalized spacial score (nSPS) is 27.9. The van der Waals surface area contributed by atoms with Gasteiger partial charge in [0.2, 0.25) is 0 Å². The van der Waals surface area contributed by atoms with E-state index in [1.54, 1.807) is 0 Å². The maximum atomic E-state index is 11.6. The molecule has 2 heteroatoms. The predicted molar refractivity (Wildman–Crippen MR) is 61.9 cm³/mol. The molecule has 2 nitrogen and oxygen atoms in total. The SMILES string of the molecule is CCCC(=O)CC1CC(C)(C)OC1(C)C. The number of carbonyl (C=O) groups excluding carboxylic acids is 1. The van der Waals surface area contributed by atoms with E-state index in [0.717, 1.165) is 12.8 Å². The molecule has 0 spiro atoms. The third kappa shape index (κ3) is 3.30. The van der Waals surface area contributed by atoms with Crippen molar-refractivity contribution in [2.24, 2.45) is 5.92 Å². The van der Waals surface area contributed by atoms with Crippen LogP contribution in [0, 0.1) is 5.92 Å². The zero-order chi connectivity index (χ0) is 11.7. The Labute approximate surface area is 93.4 Å². The van der Waals surface area contributed by atoms with Crippen LogP contribution in [0.1, 0.15) is 60.3 Å². The molecular weight excluding hydrogens is 188 g/mol. The summed E-state index contributed by atoms with van der Waals surface area (Å²) in [6.07, 6.45) is 3.35. The number of rotatable bonds is 4. The van der Waals surface area contributed by atoms with Gasteiger partial charge in [-0.15, -0.1) is 0 Å². The molecule has 0 aromatic carbocycles. The molecule has 0 radical (unpaired) electrons. The van der Waals surface area contributed by atoms with E-state index >= 15 is 0 Å². The molecule has 0 aliphatic carbocycles. The highest BCUT2D eigenvalue weighted by Crippen LogP contribution is 2.43. The summed E-state index contributed by atoms with van der Waals surface area (Å²) < 4.78 is 5.98. The van der Waals surface area contributed by atoms with Crippen molar-refractivity contribution >= 4 is 5.78 Å². The second-order valence-electron chi connectivity index (χ2n) is 5.86. The van der Waals surface area contributed by atoms with Gasteiger partial charge in [0.15, 0.2) is 0 Å². The molecule has 1 heterocycles. The van der Waals surface area contributed by atoms with Crippen molar-refractivity contribution in [1.82, 2.24) is 0 Å². The van der Waals surface area contributed by atoms with Crippen LogP contribution in [0.15, 0.2) is 0 Å². The summed E-state index contributed by atoms with van der Waals surface area (Å²) in [6, 6.07) is 0. The summed E-state index contributed by atoms with van der Waals surface area (Å²) in [5, 5.41) is 0. The molecule has 0 aromatic heterocycles. The standard InChI is InChI=1S/C13H24O2/c1-6-7-11(14)8-10-9-12(2,3)15-13(10,4)5/h10H,6-9H2,1-5H3. The highest BCUT2D eigenvalue weighted by atomic mass is 16.5.